The third-order valence-corrected chi connectivity index (χ3v) is 5.69. The van der Waals surface area contributed by atoms with Gasteiger partial charge < -0.3 is 4.90 Å². The van der Waals surface area contributed by atoms with Crippen molar-refractivity contribution in [1.29, 1.82) is 0 Å². The maximum absolute atomic E-state index is 2.42. The quantitative estimate of drug-likeness (QED) is 0.307. The van der Waals surface area contributed by atoms with Gasteiger partial charge >= 0.3 is 0 Å². The molecule has 5 aromatic carbocycles. The molecule has 0 atom stereocenters. The number of nitrogens with zero attached hydrogens (tertiary/aromatic N) is 1. The molecule has 136 valence electrons. The molecule has 0 radical (unpaired) electrons. The summed E-state index contributed by atoms with van der Waals surface area (Å²) in [5.74, 6) is 0. The Kier molecular flexibility index (Phi) is 4.21. The fourth-order valence-corrected chi connectivity index (χ4v) is 4.30. The van der Waals surface area contributed by atoms with Gasteiger partial charge in [0.25, 0.3) is 0 Å². The highest BCUT2D eigenvalue weighted by Gasteiger charge is 2.10. The molecule has 1 heteroatoms. The first-order valence-corrected chi connectivity index (χ1v) is 9.97. The van der Waals surface area contributed by atoms with Gasteiger partial charge in [0.05, 0.1) is 0 Å². The van der Waals surface area contributed by atoms with Crippen molar-refractivity contribution in [2.24, 2.45) is 0 Å². The molecule has 28 heavy (non-hydrogen) atoms. The van der Waals surface area contributed by atoms with Crippen LogP contribution in [0.25, 0.3) is 32.3 Å². The van der Waals surface area contributed by atoms with Crippen molar-refractivity contribution in [3.05, 3.63) is 103 Å². The van der Waals surface area contributed by atoms with E-state index in [4.69, 9.17) is 0 Å². The lowest BCUT2D eigenvalue weighted by Crippen LogP contribution is -2.21. The number of rotatable bonds is 4. The van der Waals surface area contributed by atoms with Crippen molar-refractivity contribution in [3.8, 4) is 0 Å². The molecule has 0 aliphatic rings. The summed E-state index contributed by atoms with van der Waals surface area (Å²) in [6, 6.07) is 35.2. The smallest absolute Gasteiger partial charge is 0.0429 e. The van der Waals surface area contributed by atoms with E-state index in [1.165, 1.54) is 43.6 Å². The zero-order chi connectivity index (χ0) is 18.9. The van der Waals surface area contributed by atoms with Gasteiger partial charge in [0.2, 0.25) is 0 Å². The highest BCUT2D eigenvalue weighted by molar-refractivity contribution is 6.25. The SMILES string of the molecule is CCN(Cc1ccc2c3ccccc3c3ccccc3c2c1)c1ccccc1. The van der Waals surface area contributed by atoms with Crippen LogP contribution in [-0.2, 0) is 6.54 Å². The van der Waals surface area contributed by atoms with Crippen LogP contribution < -0.4 is 4.90 Å². The molecule has 0 aliphatic heterocycles. The molecule has 0 spiro atoms. The van der Waals surface area contributed by atoms with Crippen molar-refractivity contribution < 1.29 is 0 Å². The molecule has 0 bridgehead atoms. The highest BCUT2D eigenvalue weighted by atomic mass is 15.1. The average molecular weight is 361 g/mol. The van der Waals surface area contributed by atoms with Gasteiger partial charge in [-0.05, 0) is 63.0 Å². The van der Waals surface area contributed by atoms with Crippen LogP contribution in [0.4, 0.5) is 5.69 Å². The molecule has 0 fully saturated rings. The number of anilines is 1. The number of hydrogen-bond donors (Lipinski definition) is 0. The lowest BCUT2D eigenvalue weighted by molar-refractivity contribution is 0.833. The minimum Gasteiger partial charge on any atom is -0.367 e. The molecule has 1 nitrogen and oxygen atoms in total. The van der Waals surface area contributed by atoms with Crippen LogP contribution in [0.5, 0.6) is 0 Å². The molecule has 0 amide bonds. The van der Waals surface area contributed by atoms with Gasteiger partial charge in [-0.2, -0.15) is 0 Å². The summed E-state index contributed by atoms with van der Waals surface area (Å²) in [5.41, 5.74) is 2.62. The summed E-state index contributed by atoms with van der Waals surface area (Å²) in [4.78, 5) is 2.42. The summed E-state index contributed by atoms with van der Waals surface area (Å²) in [6.07, 6.45) is 0. The predicted molar refractivity (Wildman–Crippen MR) is 122 cm³/mol. The zero-order valence-corrected chi connectivity index (χ0v) is 16.1. The van der Waals surface area contributed by atoms with Crippen molar-refractivity contribution in [3.63, 3.8) is 0 Å². The van der Waals surface area contributed by atoms with Crippen molar-refractivity contribution in [2.75, 3.05) is 11.4 Å². The molecule has 0 heterocycles. The van der Waals surface area contributed by atoms with Gasteiger partial charge in [0, 0.05) is 18.8 Å². The molecule has 0 saturated carbocycles. The van der Waals surface area contributed by atoms with Crippen LogP contribution in [0.2, 0.25) is 0 Å². The Bertz CT molecular complexity index is 1240. The summed E-state index contributed by atoms with van der Waals surface area (Å²) in [5, 5.41) is 8.01. The number of para-hydroxylation sites is 1. The monoisotopic (exact) mass is 361 g/mol. The highest BCUT2D eigenvalue weighted by Crippen LogP contribution is 2.35. The Labute approximate surface area is 165 Å². The van der Waals surface area contributed by atoms with Crippen LogP contribution in [0.3, 0.4) is 0 Å². The van der Waals surface area contributed by atoms with Crippen LogP contribution >= 0.6 is 0 Å². The fourth-order valence-electron chi connectivity index (χ4n) is 4.30. The fraction of sp³-hybridized carbons (Fsp3) is 0.111. The summed E-state index contributed by atoms with van der Waals surface area (Å²) in [7, 11) is 0. The zero-order valence-electron chi connectivity index (χ0n) is 16.1. The summed E-state index contributed by atoms with van der Waals surface area (Å²) < 4.78 is 0. The third kappa shape index (κ3) is 2.80. The first-order chi connectivity index (χ1) is 13.8. The maximum Gasteiger partial charge on any atom is 0.0429 e. The van der Waals surface area contributed by atoms with E-state index in [1.54, 1.807) is 0 Å². The molecule has 0 saturated heterocycles. The molecule has 5 aromatic rings. The molecule has 0 aromatic heterocycles. The molecular weight excluding hydrogens is 338 g/mol. The van der Waals surface area contributed by atoms with Gasteiger partial charge in [-0.3, -0.25) is 0 Å². The molecule has 0 unspecified atom stereocenters. The molecular formula is C27H23N. The van der Waals surface area contributed by atoms with Gasteiger partial charge in [0.15, 0.2) is 0 Å². The lowest BCUT2D eigenvalue weighted by atomic mass is 9.93. The standard InChI is InChI=1S/C27H23N/c1-2-28(21-10-4-3-5-11-21)19-20-16-17-26-24-14-7-6-12-22(24)23-13-8-9-15-25(23)27(26)18-20/h3-18H,2,19H2,1H3. The van der Waals surface area contributed by atoms with E-state index in [0.29, 0.717) is 0 Å². The van der Waals surface area contributed by atoms with Gasteiger partial charge in [-0.1, -0.05) is 78.9 Å². The normalized spacial score (nSPS) is 11.3. The van der Waals surface area contributed by atoms with E-state index < -0.39 is 0 Å². The number of hydrogen-bond acceptors (Lipinski definition) is 1. The Hall–Kier alpha value is -3.32. The first-order valence-electron chi connectivity index (χ1n) is 9.97. The largest absolute Gasteiger partial charge is 0.367 e. The van der Waals surface area contributed by atoms with Gasteiger partial charge in [-0.15, -0.1) is 0 Å². The van der Waals surface area contributed by atoms with E-state index in [0.717, 1.165) is 13.1 Å². The first kappa shape index (κ1) is 16.8. The van der Waals surface area contributed by atoms with E-state index >= 15 is 0 Å². The second-order valence-corrected chi connectivity index (χ2v) is 7.32. The number of fused-ring (bicyclic) bond motifs is 6. The summed E-state index contributed by atoms with van der Waals surface area (Å²) in [6.45, 7) is 4.12. The molecule has 0 aliphatic carbocycles. The minimum absolute atomic E-state index is 0.914. The number of benzene rings is 5. The lowest BCUT2D eigenvalue weighted by Gasteiger charge is -2.23. The third-order valence-electron chi connectivity index (χ3n) is 5.69. The molecule has 5 rings (SSSR count). The van der Waals surface area contributed by atoms with E-state index in [9.17, 15) is 0 Å². The predicted octanol–water partition coefficient (Wildman–Crippen LogP) is 7.17. The van der Waals surface area contributed by atoms with Crippen LogP contribution in [-0.4, -0.2) is 6.54 Å². The Morgan fingerprint density at radius 1 is 0.536 bits per heavy atom. The van der Waals surface area contributed by atoms with Crippen molar-refractivity contribution in [1.82, 2.24) is 0 Å². The van der Waals surface area contributed by atoms with Crippen LogP contribution in [0.15, 0.2) is 97.1 Å². The van der Waals surface area contributed by atoms with Gasteiger partial charge in [0.1, 0.15) is 0 Å². The van der Waals surface area contributed by atoms with Crippen molar-refractivity contribution >= 4 is 38.0 Å². The van der Waals surface area contributed by atoms with Crippen molar-refractivity contribution in [2.45, 2.75) is 13.5 Å². The second kappa shape index (κ2) is 7.01. The second-order valence-electron chi connectivity index (χ2n) is 7.32. The van der Waals surface area contributed by atoms with E-state index in [-0.39, 0.29) is 0 Å². The Morgan fingerprint density at radius 2 is 1.04 bits per heavy atom. The minimum atomic E-state index is 0.914. The summed E-state index contributed by atoms with van der Waals surface area (Å²) >= 11 is 0. The Balaban J connectivity index is 1.69. The van der Waals surface area contributed by atoms with Gasteiger partial charge in [-0.25, -0.2) is 0 Å². The molecule has 0 N–H and O–H groups in total. The average Bonchev–Trinajstić information content (AvgIpc) is 2.78. The van der Waals surface area contributed by atoms with E-state index in [2.05, 4.69) is 109 Å². The van der Waals surface area contributed by atoms with E-state index in [1.807, 2.05) is 0 Å². The van der Waals surface area contributed by atoms with Crippen LogP contribution in [0.1, 0.15) is 12.5 Å². The van der Waals surface area contributed by atoms with Crippen LogP contribution in [0, 0.1) is 0 Å². The maximum atomic E-state index is 2.42. The Morgan fingerprint density at radius 3 is 1.61 bits per heavy atom. The topological polar surface area (TPSA) is 3.24 Å².